The van der Waals surface area contributed by atoms with Crippen LogP contribution in [0.15, 0.2) is 54.9 Å². The number of carbonyl (C=O) groups is 2. The Labute approximate surface area is 129 Å². The number of aromatic nitrogens is 1. The summed E-state index contributed by atoms with van der Waals surface area (Å²) in [5, 5.41) is 11.8. The summed E-state index contributed by atoms with van der Waals surface area (Å²) < 4.78 is 0. The number of carboxylic acid groups (broad SMARTS) is 1. The Morgan fingerprint density at radius 1 is 1.14 bits per heavy atom. The summed E-state index contributed by atoms with van der Waals surface area (Å²) in [6.45, 7) is 0. The standard InChI is InChI=1S/C17H18N2O3/c20-16(14-9-5-11-18-12-14)19-15(17(21)22)10-4-8-13-6-2-1-3-7-13/h1-3,5-7,9,11-12,15H,4,8,10H2,(H,19,20)(H,21,22)/t15-/m0/s1. The first-order valence-electron chi connectivity index (χ1n) is 7.14. The van der Waals surface area contributed by atoms with Crippen LogP contribution in [-0.2, 0) is 11.2 Å². The average molecular weight is 298 g/mol. The molecular formula is C17H18N2O3. The zero-order valence-corrected chi connectivity index (χ0v) is 12.1. The lowest BCUT2D eigenvalue weighted by molar-refractivity contribution is -0.139. The van der Waals surface area contributed by atoms with Crippen LogP contribution in [0.1, 0.15) is 28.8 Å². The summed E-state index contributed by atoms with van der Waals surface area (Å²) in [6.07, 6.45) is 4.83. The number of carboxylic acids is 1. The molecular weight excluding hydrogens is 280 g/mol. The molecule has 1 aromatic heterocycles. The molecule has 0 unspecified atom stereocenters. The number of carbonyl (C=O) groups excluding carboxylic acids is 1. The predicted molar refractivity (Wildman–Crippen MR) is 82.5 cm³/mol. The second-order valence-corrected chi connectivity index (χ2v) is 4.98. The number of aliphatic carboxylic acids is 1. The molecule has 1 aromatic carbocycles. The smallest absolute Gasteiger partial charge is 0.326 e. The number of nitrogens with zero attached hydrogens (tertiary/aromatic N) is 1. The van der Waals surface area contributed by atoms with Crippen LogP contribution >= 0.6 is 0 Å². The van der Waals surface area contributed by atoms with Crippen molar-refractivity contribution in [2.24, 2.45) is 0 Å². The van der Waals surface area contributed by atoms with Crippen molar-refractivity contribution in [2.45, 2.75) is 25.3 Å². The zero-order valence-electron chi connectivity index (χ0n) is 12.1. The van der Waals surface area contributed by atoms with E-state index in [0.29, 0.717) is 18.4 Å². The normalized spacial score (nSPS) is 11.6. The Kier molecular flexibility index (Phi) is 5.65. The van der Waals surface area contributed by atoms with Gasteiger partial charge in [0, 0.05) is 12.4 Å². The summed E-state index contributed by atoms with van der Waals surface area (Å²) in [4.78, 5) is 27.1. The Morgan fingerprint density at radius 3 is 2.55 bits per heavy atom. The maximum atomic E-state index is 12.0. The molecule has 0 radical (unpaired) electrons. The molecule has 0 aliphatic heterocycles. The molecule has 1 heterocycles. The highest BCUT2D eigenvalue weighted by Gasteiger charge is 2.20. The Balaban J connectivity index is 1.87. The third-order valence-corrected chi connectivity index (χ3v) is 3.33. The summed E-state index contributed by atoms with van der Waals surface area (Å²) >= 11 is 0. The van der Waals surface area contributed by atoms with Crippen LogP contribution < -0.4 is 5.32 Å². The van der Waals surface area contributed by atoms with E-state index in [1.807, 2.05) is 30.3 Å². The molecule has 1 amide bonds. The first kappa shape index (κ1) is 15.7. The highest BCUT2D eigenvalue weighted by molar-refractivity contribution is 5.96. The number of pyridine rings is 1. The van der Waals surface area contributed by atoms with Crippen molar-refractivity contribution in [3.63, 3.8) is 0 Å². The zero-order chi connectivity index (χ0) is 15.8. The number of aryl methyl sites for hydroxylation is 1. The molecule has 5 nitrogen and oxygen atoms in total. The molecule has 0 bridgehead atoms. The third-order valence-electron chi connectivity index (χ3n) is 3.33. The van der Waals surface area contributed by atoms with E-state index in [1.165, 1.54) is 6.20 Å². The van der Waals surface area contributed by atoms with Crippen LogP contribution in [-0.4, -0.2) is 28.0 Å². The van der Waals surface area contributed by atoms with Gasteiger partial charge in [-0.1, -0.05) is 30.3 Å². The average Bonchev–Trinajstić information content (AvgIpc) is 2.55. The Morgan fingerprint density at radius 2 is 1.91 bits per heavy atom. The number of benzene rings is 1. The highest BCUT2D eigenvalue weighted by atomic mass is 16.4. The van der Waals surface area contributed by atoms with Gasteiger partial charge < -0.3 is 10.4 Å². The molecule has 114 valence electrons. The van der Waals surface area contributed by atoms with E-state index in [2.05, 4.69) is 10.3 Å². The van der Waals surface area contributed by atoms with Crippen LogP contribution in [0.5, 0.6) is 0 Å². The molecule has 5 heteroatoms. The summed E-state index contributed by atoms with van der Waals surface area (Å²) in [6, 6.07) is 12.2. The lowest BCUT2D eigenvalue weighted by Gasteiger charge is -2.14. The minimum Gasteiger partial charge on any atom is -0.480 e. The second kappa shape index (κ2) is 7.93. The van der Waals surface area contributed by atoms with E-state index in [9.17, 15) is 14.7 Å². The van der Waals surface area contributed by atoms with Crippen molar-refractivity contribution < 1.29 is 14.7 Å². The molecule has 0 aliphatic rings. The van der Waals surface area contributed by atoms with E-state index >= 15 is 0 Å². The minimum atomic E-state index is -1.02. The molecule has 0 fully saturated rings. The van der Waals surface area contributed by atoms with E-state index in [4.69, 9.17) is 0 Å². The van der Waals surface area contributed by atoms with E-state index < -0.39 is 17.9 Å². The van der Waals surface area contributed by atoms with Gasteiger partial charge in [0.05, 0.1) is 5.56 Å². The van der Waals surface area contributed by atoms with Crippen molar-refractivity contribution in [3.05, 3.63) is 66.0 Å². The number of rotatable bonds is 7. The van der Waals surface area contributed by atoms with Crippen LogP contribution in [0.2, 0.25) is 0 Å². The number of nitrogens with one attached hydrogen (secondary N) is 1. The van der Waals surface area contributed by atoms with Crippen LogP contribution in [0, 0.1) is 0 Å². The van der Waals surface area contributed by atoms with Gasteiger partial charge in [-0.05, 0) is 37.0 Å². The fourth-order valence-corrected chi connectivity index (χ4v) is 2.15. The van der Waals surface area contributed by atoms with Crippen LogP contribution in [0.4, 0.5) is 0 Å². The van der Waals surface area contributed by atoms with Gasteiger partial charge in [-0.15, -0.1) is 0 Å². The first-order chi connectivity index (χ1) is 10.7. The maximum Gasteiger partial charge on any atom is 0.326 e. The monoisotopic (exact) mass is 298 g/mol. The quantitative estimate of drug-likeness (QED) is 0.822. The molecule has 0 spiro atoms. The lowest BCUT2D eigenvalue weighted by Crippen LogP contribution is -2.40. The molecule has 22 heavy (non-hydrogen) atoms. The van der Waals surface area contributed by atoms with Gasteiger partial charge in [0.25, 0.3) is 5.91 Å². The molecule has 0 saturated heterocycles. The molecule has 2 rings (SSSR count). The highest BCUT2D eigenvalue weighted by Crippen LogP contribution is 2.08. The molecule has 0 saturated carbocycles. The number of hydrogen-bond donors (Lipinski definition) is 2. The van der Waals surface area contributed by atoms with Crippen molar-refractivity contribution >= 4 is 11.9 Å². The topological polar surface area (TPSA) is 79.3 Å². The van der Waals surface area contributed by atoms with Gasteiger partial charge >= 0.3 is 5.97 Å². The van der Waals surface area contributed by atoms with Gasteiger partial charge in [-0.2, -0.15) is 0 Å². The summed E-state index contributed by atoms with van der Waals surface area (Å²) in [5.74, 6) is -1.44. The van der Waals surface area contributed by atoms with Crippen molar-refractivity contribution in [1.29, 1.82) is 0 Å². The maximum absolute atomic E-state index is 12.0. The third kappa shape index (κ3) is 4.70. The van der Waals surface area contributed by atoms with Gasteiger partial charge in [0.1, 0.15) is 6.04 Å². The van der Waals surface area contributed by atoms with Gasteiger partial charge in [-0.25, -0.2) is 4.79 Å². The Hall–Kier alpha value is -2.69. The second-order valence-electron chi connectivity index (χ2n) is 4.98. The van der Waals surface area contributed by atoms with Crippen molar-refractivity contribution in [3.8, 4) is 0 Å². The van der Waals surface area contributed by atoms with E-state index in [1.54, 1.807) is 18.3 Å². The molecule has 0 aliphatic carbocycles. The van der Waals surface area contributed by atoms with E-state index in [0.717, 1.165) is 12.0 Å². The Bertz CT molecular complexity index is 614. The molecule has 2 aromatic rings. The SMILES string of the molecule is O=C(N[C@@H](CCCc1ccccc1)C(=O)O)c1cccnc1. The van der Waals surface area contributed by atoms with Gasteiger partial charge in [0.15, 0.2) is 0 Å². The van der Waals surface area contributed by atoms with Gasteiger partial charge in [0.2, 0.25) is 0 Å². The predicted octanol–water partition coefficient (Wildman–Crippen LogP) is 2.29. The summed E-state index contributed by atoms with van der Waals surface area (Å²) in [5.41, 5.74) is 1.52. The van der Waals surface area contributed by atoms with Crippen molar-refractivity contribution in [1.82, 2.24) is 10.3 Å². The number of hydrogen-bond acceptors (Lipinski definition) is 3. The molecule has 1 atom stereocenters. The van der Waals surface area contributed by atoms with Gasteiger partial charge in [-0.3, -0.25) is 9.78 Å². The summed E-state index contributed by atoms with van der Waals surface area (Å²) in [7, 11) is 0. The van der Waals surface area contributed by atoms with Crippen LogP contribution in [0.3, 0.4) is 0 Å². The fraction of sp³-hybridized carbons (Fsp3) is 0.235. The lowest BCUT2D eigenvalue weighted by atomic mass is 10.0. The molecule has 2 N–H and O–H groups in total. The fourth-order valence-electron chi connectivity index (χ4n) is 2.15. The van der Waals surface area contributed by atoms with Crippen molar-refractivity contribution in [2.75, 3.05) is 0 Å². The van der Waals surface area contributed by atoms with E-state index in [-0.39, 0.29) is 0 Å². The first-order valence-corrected chi connectivity index (χ1v) is 7.14. The minimum absolute atomic E-state index is 0.358. The van der Waals surface area contributed by atoms with Crippen LogP contribution in [0.25, 0.3) is 0 Å². The largest absolute Gasteiger partial charge is 0.480 e. The number of amides is 1.